The van der Waals surface area contributed by atoms with Gasteiger partial charge in [0.05, 0.1) is 4.90 Å². The zero-order valence-electron chi connectivity index (χ0n) is 16.6. The summed E-state index contributed by atoms with van der Waals surface area (Å²) in [5.41, 5.74) is 1.33. The van der Waals surface area contributed by atoms with Gasteiger partial charge in [0.1, 0.15) is 5.69 Å². The summed E-state index contributed by atoms with van der Waals surface area (Å²) < 4.78 is 27.2. The van der Waals surface area contributed by atoms with Crippen molar-refractivity contribution in [2.45, 2.75) is 31.6 Å². The highest BCUT2D eigenvalue weighted by atomic mass is 32.2. The average molecular weight is 437 g/mol. The normalized spacial score (nSPS) is 15.5. The van der Waals surface area contributed by atoms with Crippen LogP contribution >= 0.6 is 11.3 Å². The molecule has 0 unspecified atom stereocenters. The number of hydrogen-bond donors (Lipinski definition) is 1. The van der Waals surface area contributed by atoms with Gasteiger partial charge in [0, 0.05) is 38.5 Å². The Kier molecular flexibility index (Phi) is 6.35. The van der Waals surface area contributed by atoms with Crippen LogP contribution in [-0.2, 0) is 14.8 Å². The number of nitrogens with zero attached hydrogens (tertiary/aromatic N) is 3. The van der Waals surface area contributed by atoms with Crippen LogP contribution < -0.4 is 5.32 Å². The molecule has 0 aliphatic carbocycles. The second-order valence-electron chi connectivity index (χ2n) is 7.14. The summed E-state index contributed by atoms with van der Waals surface area (Å²) in [6, 6.07) is 6.96. The van der Waals surface area contributed by atoms with E-state index in [-0.39, 0.29) is 48.6 Å². The molecule has 0 spiro atoms. The Bertz CT molecular complexity index is 991. The molecular weight excluding hydrogens is 412 g/mol. The molecule has 0 radical (unpaired) electrons. The van der Waals surface area contributed by atoms with Gasteiger partial charge < -0.3 is 10.2 Å². The Morgan fingerprint density at radius 1 is 1.10 bits per heavy atom. The highest BCUT2D eigenvalue weighted by Gasteiger charge is 2.31. The van der Waals surface area contributed by atoms with Crippen LogP contribution in [0.15, 0.2) is 34.5 Å². The van der Waals surface area contributed by atoms with Gasteiger partial charge in [0.15, 0.2) is 5.13 Å². The number of amides is 2. The second-order valence-corrected chi connectivity index (χ2v) is 9.94. The Balaban J connectivity index is 1.64. The van der Waals surface area contributed by atoms with E-state index in [0.29, 0.717) is 11.0 Å². The molecule has 1 aliphatic heterocycles. The van der Waals surface area contributed by atoms with Gasteiger partial charge in [-0.25, -0.2) is 13.4 Å². The predicted octanol–water partition coefficient (Wildman–Crippen LogP) is 2.37. The first-order chi connectivity index (χ1) is 13.7. The summed E-state index contributed by atoms with van der Waals surface area (Å²) in [6.45, 7) is 6.51. The van der Waals surface area contributed by atoms with Gasteiger partial charge in [-0.1, -0.05) is 26.0 Å². The van der Waals surface area contributed by atoms with Gasteiger partial charge in [-0.15, -0.1) is 11.3 Å². The molecule has 2 heterocycles. The monoisotopic (exact) mass is 436 g/mol. The van der Waals surface area contributed by atoms with Gasteiger partial charge in [-0.3, -0.25) is 9.59 Å². The van der Waals surface area contributed by atoms with Crippen LogP contribution in [0, 0.1) is 0 Å². The molecule has 1 saturated heterocycles. The lowest BCUT2D eigenvalue weighted by Crippen LogP contribution is -2.50. The number of thiazole rings is 1. The smallest absolute Gasteiger partial charge is 0.273 e. The Labute approximate surface area is 174 Å². The molecule has 0 saturated carbocycles. The second kappa shape index (κ2) is 8.60. The Morgan fingerprint density at radius 3 is 2.28 bits per heavy atom. The van der Waals surface area contributed by atoms with Crippen molar-refractivity contribution < 1.29 is 18.0 Å². The highest BCUT2D eigenvalue weighted by molar-refractivity contribution is 7.89. The molecule has 1 fully saturated rings. The Hall–Kier alpha value is -2.30. The van der Waals surface area contributed by atoms with Crippen LogP contribution in [0.3, 0.4) is 0 Å². The zero-order chi connectivity index (χ0) is 21.2. The molecule has 2 aromatic rings. The molecule has 1 aromatic heterocycles. The molecule has 2 amide bonds. The molecule has 1 aliphatic rings. The van der Waals surface area contributed by atoms with Crippen molar-refractivity contribution in [3.63, 3.8) is 0 Å². The summed E-state index contributed by atoms with van der Waals surface area (Å²) in [5.74, 6) is -0.187. The maximum Gasteiger partial charge on any atom is 0.273 e. The summed E-state index contributed by atoms with van der Waals surface area (Å²) in [6.07, 6.45) is 0. The third kappa shape index (κ3) is 4.82. The standard InChI is InChI=1S/C19H24N4O4S2/c1-13(2)15-4-6-16(7-5-15)29(26,27)23-10-8-22(9-11-23)18(25)17-12-28-19(21-17)20-14(3)24/h4-7,12-13H,8-11H2,1-3H3,(H,20,21,24). The maximum atomic E-state index is 12.9. The van der Waals surface area contributed by atoms with Gasteiger partial charge >= 0.3 is 0 Å². The van der Waals surface area contributed by atoms with E-state index in [4.69, 9.17) is 0 Å². The number of anilines is 1. The number of aromatic nitrogens is 1. The minimum Gasteiger partial charge on any atom is -0.335 e. The summed E-state index contributed by atoms with van der Waals surface area (Å²) in [7, 11) is -3.59. The van der Waals surface area contributed by atoms with Gasteiger partial charge in [-0.05, 0) is 23.6 Å². The van der Waals surface area contributed by atoms with E-state index in [9.17, 15) is 18.0 Å². The number of carbonyl (C=O) groups is 2. The van der Waals surface area contributed by atoms with Crippen molar-refractivity contribution in [2.75, 3.05) is 31.5 Å². The SMILES string of the molecule is CC(=O)Nc1nc(C(=O)N2CCN(S(=O)(=O)c3ccc(C(C)C)cc3)CC2)cs1. The van der Waals surface area contributed by atoms with Crippen molar-refractivity contribution in [2.24, 2.45) is 0 Å². The maximum absolute atomic E-state index is 12.9. The molecule has 10 heteroatoms. The number of nitrogens with one attached hydrogen (secondary N) is 1. The van der Waals surface area contributed by atoms with Crippen molar-refractivity contribution in [1.29, 1.82) is 0 Å². The number of hydrogen-bond acceptors (Lipinski definition) is 6. The Morgan fingerprint density at radius 2 is 1.72 bits per heavy atom. The summed E-state index contributed by atoms with van der Waals surface area (Å²) >= 11 is 1.18. The molecule has 1 N–H and O–H groups in total. The molecule has 1 aromatic carbocycles. The van der Waals surface area contributed by atoms with Crippen LogP contribution in [0.25, 0.3) is 0 Å². The fourth-order valence-corrected chi connectivity index (χ4v) is 5.20. The average Bonchev–Trinajstić information content (AvgIpc) is 3.15. The molecular formula is C19H24N4O4S2. The quantitative estimate of drug-likeness (QED) is 0.776. The third-order valence-electron chi connectivity index (χ3n) is 4.72. The van der Waals surface area contributed by atoms with E-state index >= 15 is 0 Å². The molecule has 8 nitrogen and oxygen atoms in total. The van der Waals surface area contributed by atoms with Crippen molar-refractivity contribution in [3.8, 4) is 0 Å². The van der Waals surface area contributed by atoms with E-state index in [1.807, 2.05) is 12.1 Å². The van der Waals surface area contributed by atoms with Crippen LogP contribution in [0.1, 0.15) is 42.7 Å². The molecule has 0 atom stereocenters. The van der Waals surface area contributed by atoms with Crippen molar-refractivity contribution in [1.82, 2.24) is 14.2 Å². The summed E-state index contributed by atoms with van der Waals surface area (Å²) in [4.78, 5) is 29.7. The van der Waals surface area contributed by atoms with E-state index in [1.165, 1.54) is 22.6 Å². The lowest BCUT2D eigenvalue weighted by molar-refractivity contribution is -0.114. The van der Waals surface area contributed by atoms with Crippen LogP contribution in [0.5, 0.6) is 0 Å². The minimum absolute atomic E-state index is 0.225. The molecule has 29 heavy (non-hydrogen) atoms. The topological polar surface area (TPSA) is 99.7 Å². The van der Waals surface area contributed by atoms with Crippen LogP contribution in [0.2, 0.25) is 0 Å². The molecule has 3 rings (SSSR count). The first-order valence-corrected chi connectivity index (χ1v) is 11.6. The third-order valence-corrected chi connectivity index (χ3v) is 7.39. The highest BCUT2D eigenvalue weighted by Crippen LogP contribution is 2.22. The molecule has 156 valence electrons. The lowest BCUT2D eigenvalue weighted by Gasteiger charge is -2.33. The number of sulfonamides is 1. The fourth-order valence-electron chi connectivity index (χ4n) is 3.05. The minimum atomic E-state index is -3.59. The fraction of sp³-hybridized carbons (Fsp3) is 0.421. The van der Waals surface area contributed by atoms with E-state index in [1.54, 1.807) is 22.4 Å². The number of rotatable bonds is 5. The number of carbonyl (C=O) groups excluding carboxylic acids is 2. The van der Waals surface area contributed by atoms with Crippen molar-refractivity contribution >= 4 is 38.3 Å². The van der Waals surface area contributed by atoms with Gasteiger partial charge in [0.2, 0.25) is 15.9 Å². The largest absolute Gasteiger partial charge is 0.335 e. The van der Waals surface area contributed by atoms with E-state index in [2.05, 4.69) is 24.1 Å². The number of piperazine rings is 1. The van der Waals surface area contributed by atoms with Crippen molar-refractivity contribution in [3.05, 3.63) is 40.9 Å². The zero-order valence-corrected chi connectivity index (χ0v) is 18.2. The lowest BCUT2D eigenvalue weighted by atomic mass is 10.0. The van der Waals surface area contributed by atoms with Crippen LogP contribution in [0.4, 0.5) is 5.13 Å². The van der Waals surface area contributed by atoms with Crippen LogP contribution in [-0.4, -0.2) is 60.6 Å². The van der Waals surface area contributed by atoms with Gasteiger partial charge in [0.25, 0.3) is 5.91 Å². The van der Waals surface area contributed by atoms with Gasteiger partial charge in [-0.2, -0.15) is 4.31 Å². The van der Waals surface area contributed by atoms with E-state index < -0.39 is 10.0 Å². The number of benzene rings is 1. The first-order valence-electron chi connectivity index (χ1n) is 9.31. The summed E-state index contributed by atoms with van der Waals surface area (Å²) in [5, 5.41) is 4.51. The van der Waals surface area contributed by atoms with E-state index in [0.717, 1.165) is 5.56 Å². The first kappa shape index (κ1) is 21.4. The molecule has 0 bridgehead atoms. The predicted molar refractivity (Wildman–Crippen MR) is 112 cm³/mol.